The average molecular weight is 370 g/mol. The lowest BCUT2D eigenvalue weighted by Gasteiger charge is -2.23. The Bertz CT molecular complexity index is 622. The lowest BCUT2D eigenvalue weighted by atomic mass is 10.2. The van der Waals surface area contributed by atoms with Gasteiger partial charge >= 0.3 is 0 Å². The van der Waals surface area contributed by atoms with Gasteiger partial charge in [-0.1, -0.05) is 0 Å². The summed E-state index contributed by atoms with van der Waals surface area (Å²) in [6.07, 6.45) is 0. The molecule has 21 heavy (non-hydrogen) atoms. The molecule has 0 aliphatic carbocycles. The Morgan fingerprint density at radius 3 is 2.67 bits per heavy atom. The van der Waals surface area contributed by atoms with Crippen molar-refractivity contribution in [2.75, 3.05) is 17.7 Å². The highest BCUT2D eigenvalue weighted by Crippen LogP contribution is 2.27. The Morgan fingerprint density at radius 1 is 1.38 bits per heavy atom. The van der Waals surface area contributed by atoms with Crippen LogP contribution in [0.5, 0.6) is 5.88 Å². The molecule has 6 heteroatoms. The first-order valence-electron chi connectivity index (χ1n) is 6.64. The van der Waals surface area contributed by atoms with Gasteiger partial charge in [-0.05, 0) is 54.9 Å². The predicted octanol–water partition coefficient (Wildman–Crippen LogP) is 4.30. The summed E-state index contributed by atoms with van der Waals surface area (Å²) in [5, 5.41) is 2.08. The Labute approximate surface area is 138 Å². The molecule has 0 unspecified atom stereocenters. The summed E-state index contributed by atoms with van der Waals surface area (Å²) < 4.78 is 6.92. The van der Waals surface area contributed by atoms with E-state index in [2.05, 4.69) is 37.3 Å². The zero-order valence-corrected chi connectivity index (χ0v) is 15.1. The van der Waals surface area contributed by atoms with E-state index in [0.717, 1.165) is 16.8 Å². The predicted molar refractivity (Wildman–Crippen MR) is 93.2 cm³/mol. The third kappa shape index (κ3) is 4.61. The third-order valence-corrected chi connectivity index (χ3v) is 4.37. The molecule has 0 amide bonds. The summed E-state index contributed by atoms with van der Waals surface area (Å²) in [4.78, 5) is 7.87. The van der Waals surface area contributed by atoms with Gasteiger partial charge in [0.2, 0.25) is 5.88 Å². The molecule has 2 heterocycles. The Balaban J connectivity index is 2.17. The van der Waals surface area contributed by atoms with Crippen LogP contribution in [0.15, 0.2) is 28.1 Å². The van der Waals surface area contributed by atoms with Crippen molar-refractivity contribution >= 4 is 38.8 Å². The molecule has 4 nitrogen and oxygen atoms in total. The topological polar surface area (TPSA) is 51.4 Å². The minimum absolute atomic E-state index is 0.322. The van der Waals surface area contributed by atoms with Gasteiger partial charge in [-0.3, -0.25) is 0 Å². The van der Waals surface area contributed by atoms with Crippen LogP contribution >= 0.6 is 27.3 Å². The van der Waals surface area contributed by atoms with Gasteiger partial charge in [-0.15, -0.1) is 11.3 Å². The summed E-state index contributed by atoms with van der Waals surface area (Å²) in [5.41, 5.74) is 6.18. The number of hydrogen-bond acceptors (Lipinski definition) is 5. The van der Waals surface area contributed by atoms with Gasteiger partial charge in [0.1, 0.15) is 11.4 Å². The minimum atomic E-state index is -0.322. The Hall–Kier alpha value is -1.27. The van der Waals surface area contributed by atoms with Crippen molar-refractivity contribution in [3.05, 3.63) is 32.9 Å². The summed E-state index contributed by atoms with van der Waals surface area (Å²) in [6, 6.07) is 5.86. The van der Waals surface area contributed by atoms with Crippen LogP contribution in [0.1, 0.15) is 25.6 Å². The van der Waals surface area contributed by atoms with Crippen molar-refractivity contribution in [2.24, 2.45) is 0 Å². The molecule has 0 atom stereocenters. The van der Waals surface area contributed by atoms with E-state index < -0.39 is 0 Å². The van der Waals surface area contributed by atoms with Crippen LogP contribution in [-0.4, -0.2) is 17.6 Å². The maximum absolute atomic E-state index is 5.94. The normalized spacial score (nSPS) is 11.5. The highest BCUT2D eigenvalue weighted by molar-refractivity contribution is 9.10. The van der Waals surface area contributed by atoms with Crippen molar-refractivity contribution in [1.82, 2.24) is 4.98 Å². The maximum atomic E-state index is 5.94. The zero-order valence-electron chi connectivity index (χ0n) is 12.7. The molecule has 114 valence electrons. The summed E-state index contributed by atoms with van der Waals surface area (Å²) in [6.45, 7) is 6.73. The van der Waals surface area contributed by atoms with E-state index in [4.69, 9.17) is 10.5 Å². The molecule has 0 aliphatic rings. The van der Waals surface area contributed by atoms with Crippen molar-refractivity contribution in [1.29, 1.82) is 0 Å². The fourth-order valence-electron chi connectivity index (χ4n) is 1.78. The van der Waals surface area contributed by atoms with E-state index in [0.29, 0.717) is 11.6 Å². The Morgan fingerprint density at radius 2 is 2.10 bits per heavy atom. The molecule has 0 bridgehead atoms. The zero-order chi connectivity index (χ0) is 15.6. The number of anilines is 2. The molecule has 0 spiro atoms. The highest BCUT2D eigenvalue weighted by Gasteiger charge is 2.16. The van der Waals surface area contributed by atoms with Gasteiger partial charge in [0.15, 0.2) is 0 Å². The molecular weight excluding hydrogens is 350 g/mol. The highest BCUT2D eigenvalue weighted by atomic mass is 79.9. The number of halogens is 1. The number of nitrogen functional groups attached to an aromatic ring is 1. The largest absolute Gasteiger partial charge is 0.470 e. The average Bonchev–Trinajstić information content (AvgIpc) is 2.75. The summed E-state index contributed by atoms with van der Waals surface area (Å²) >= 11 is 5.19. The smallest absolute Gasteiger partial charge is 0.239 e. The second-order valence-corrected chi connectivity index (χ2v) is 7.78. The summed E-state index contributed by atoms with van der Waals surface area (Å²) in [7, 11) is 2.01. The first-order valence-corrected chi connectivity index (χ1v) is 8.31. The molecular formula is C15H20BrN3OS. The summed E-state index contributed by atoms with van der Waals surface area (Å²) in [5.74, 6) is 1.33. The van der Waals surface area contributed by atoms with Gasteiger partial charge in [-0.2, -0.15) is 4.98 Å². The van der Waals surface area contributed by atoms with Gasteiger partial charge in [0, 0.05) is 21.8 Å². The number of nitrogens with two attached hydrogens (primary N) is 1. The monoisotopic (exact) mass is 369 g/mol. The van der Waals surface area contributed by atoms with Crippen molar-refractivity contribution in [3.8, 4) is 5.88 Å². The van der Waals surface area contributed by atoms with Crippen LogP contribution in [0.3, 0.4) is 0 Å². The second kappa shape index (κ2) is 6.23. The molecule has 0 aliphatic heterocycles. The maximum Gasteiger partial charge on any atom is 0.239 e. The quantitative estimate of drug-likeness (QED) is 0.872. The molecule has 0 radical (unpaired) electrons. The number of aromatic nitrogens is 1. The molecule has 0 saturated carbocycles. The van der Waals surface area contributed by atoms with E-state index in [1.54, 1.807) is 11.3 Å². The number of nitrogens with zero attached hydrogens (tertiary/aromatic N) is 2. The molecule has 2 aromatic rings. The fourth-order valence-corrected chi connectivity index (χ4v) is 3.28. The van der Waals surface area contributed by atoms with Gasteiger partial charge < -0.3 is 15.4 Å². The van der Waals surface area contributed by atoms with Crippen LogP contribution in [0.25, 0.3) is 0 Å². The van der Waals surface area contributed by atoms with Gasteiger partial charge in [-0.25, -0.2) is 0 Å². The van der Waals surface area contributed by atoms with Crippen LogP contribution in [0, 0.1) is 0 Å². The van der Waals surface area contributed by atoms with E-state index in [9.17, 15) is 0 Å². The van der Waals surface area contributed by atoms with E-state index in [-0.39, 0.29) is 5.60 Å². The van der Waals surface area contributed by atoms with Crippen LogP contribution < -0.4 is 15.4 Å². The molecule has 0 aromatic carbocycles. The lowest BCUT2D eigenvalue weighted by molar-refractivity contribution is 0.125. The van der Waals surface area contributed by atoms with Crippen LogP contribution in [0.4, 0.5) is 11.5 Å². The first kappa shape index (κ1) is 16.1. The second-order valence-electron chi connectivity index (χ2n) is 5.87. The lowest BCUT2D eigenvalue weighted by Crippen LogP contribution is -2.25. The first-order chi connectivity index (χ1) is 9.74. The van der Waals surface area contributed by atoms with Crippen molar-refractivity contribution < 1.29 is 4.74 Å². The van der Waals surface area contributed by atoms with Crippen LogP contribution in [-0.2, 0) is 6.54 Å². The van der Waals surface area contributed by atoms with E-state index in [1.165, 1.54) is 4.88 Å². The molecule has 0 fully saturated rings. The van der Waals surface area contributed by atoms with Crippen molar-refractivity contribution in [2.45, 2.75) is 32.9 Å². The van der Waals surface area contributed by atoms with Gasteiger partial charge in [0.05, 0.1) is 12.2 Å². The Kier molecular flexibility index (Phi) is 4.78. The van der Waals surface area contributed by atoms with E-state index >= 15 is 0 Å². The third-order valence-electron chi connectivity index (χ3n) is 2.68. The number of thiophene rings is 1. The molecule has 2 rings (SSSR count). The van der Waals surface area contributed by atoms with Crippen LogP contribution in [0.2, 0.25) is 0 Å². The number of hydrogen-bond donors (Lipinski definition) is 1. The minimum Gasteiger partial charge on any atom is -0.470 e. The molecule has 2 N–H and O–H groups in total. The SMILES string of the molecule is CN(Cc1cc(Br)cs1)c1ccc(N)c(OC(C)(C)C)n1. The standard InChI is InChI=1S/C15H20BrN3OS/c1-15(2,3)20-14-12(17)5-6-13(18-14)19(4)8-11-7-10(16)9-21-11/h5-7,9H,8,17H2,1-4H3. The number of rotatable bonds is 4. The van der Waals surface area contributed by atoms with E-state index in [1.807, 2.05) is 40.0 Å². The fraction of sp³-hybridized carbons (Fsp3) is 0.400. The van der Waals surface area contributed by atoms with Gasteiger partial charge in [0.25, 0.3) is 0 Å². The molecule has 2 aromatic heterocycles. The molecule has 0 saturated heterocycles. The number of pyridine rings is 1. The van der Waals surface area contributed by atoms with Crippen molar-refractivity contribution in [3.63, 3.8) is 0 Å². The number of ether oxygens (including phenoxy) is 1.